The molecule has 0 aliphatic rings. The van der Waals surface area contributed by atoms with Crippen LogP contribution in [0.25, 0.3) is 11.0 Å². The second-order valence-electron chi connectivity index (χ2n) is 5.38. The monoisotopic (exact) mass is 329 g/mol. The van der Waals surface area contributed by atoms with Crippen LogP contribution in [0.15, 0.2) is 29.7 Å². The highest BCUT2D eigenvalue weighted by Gasteiger charge is 2.11. The Morgan fingerprint density at radius 1 is 1.26 bits per heavy atom. The molecular formula is C16H19N5OS. The Morgan fingerprint density at radius 3 is 2.83 bits per heavy atom. The number of hydrogen-bond donors (Lipinski definition) is 1. The molecule has 0 saturated heterocycles. The van der Waals surface area contributed by atoms with Gasteiger partial charge in [0.05, 0.1) is 23.8 Å². The fraction of sp³-hybridized carbons (Fsp3) is 0.312. The van der Waals surface area contributed by atoms with Crippen LogP contribution in [0.2, 0.25) is 0 Å². The third kappa shape index (κ3) is 3.24. The number of aromatic amines is 1. The molecule has 7 heteroatoms. The summed E-state index contributed by atoms with van der Waals surface area (Å²) in [6, 6.07) is 5.83. The van der Waals surface area contributed by atoms with Crippen LogP contribution in [-0.2, 0) is 5.75 Å². The number of benzene rings is 1. The lowest BCUT2D eigenvalue weighted by molar-refractivity contribution is 0.415. The zero-order valence-electron chi connectivity index (χ0n) is 13.6. The van der Waals surface area contributed by atoms with Crippen LogP contribution in [0.5, 0.6) is 5.75 Å². The van der Waals surface area contributed by atoms with E-state index in [0.29, 0.717) is 0 Å². The number of ether oxygens (including phenoxy) is 1. The van der Waals surface area contributed by atoms with Crippen LogP contribution in [0, 0.1) is 6.92 Å². The van der Waals surface area contributed by atoms with E-state index < -0.39 is 0 Å². The molecule has 0 aliphatic heterocycles. The van der Waals surface area contributed by atoms with Crippen molar-refractivity contribution in [3.05, 3.63) is 35.8 Å². The minimum Gasteiger partial charge on any atom is -0.497 e. The summed E-state index contributed by atoms with van der Waals surface area (Å²) in [7, 11) is 5.63. The van der Waals surface area contributed by atoms with Gasteiger partial charge in [0.15, 0.2) is 5.16 Å². The van der Waals surface area contributed by atoms with E-state index in [1.165, 1.54) is 0 Å². The summed E-state index contributed by atoms with van der Waals surface area (Å²) in [5.74, 6) is 2.50. The minimum atomic E-state index is 0.742. The summed E-state index contributed by atoms with van der Waals surface area (Å²) in [5, 5.41) is 0.873. The molecule has 1 N–H and O–H groups in total. The Kier molecular flexibility index (Phi) is 4.38. The van der Waals surface area contributed by atoms with Gasteiger partial charge in [0, 0.05) is 31.5 Å². The summed E-state index contributed by atoms with van der Waals surface area (Å²) in [4.78, 5) is 18.6. The van der Waals surface area contributed by atoms with Crippen LogP contribution in [0.3, 0.4) is 0 Å². The third-order valence-electron chi connectivity index (χ3n) is 3.60. The number of anilines is 1. The number of fused-ring (bicyclic) bond motifs is 1. The number of H-pyrrole nitrogens is 1. The predicted octanol–water partition coefficient (Wildman–Crippen LogP) is 3.03. The molecule has 0 radical (unpaired) electrons. The van der Waals surface area contributed by atoms with Gasteiger partial charge in [-0.2, -0.15) is 0 Å². The van der Waals surface area contributed by atoms with Crippen molar-refractivity contribution in [2.24, 2.45) is 0 Å². The first kappa shape index (κ1) is 15.6. The molecule has 120 valence electrons. The molecule has 0 spiro atoms. The summed E-state index contributed by atoms with van der Waals surface area (Å²) < 4.78 is 5.23. The maximum atomic E-state index is 5.23. The molecule has 1 aromatic carbocycles. The van der Waals surface area contributed by atoms with E-state index in [-0.39, 0.29) is 0 Å². The first-order valence-electron chi connectivity index (χ1n) is 7.23. The van der Waals surface area contributed by atoms with E-state index in [4.69, 9.17) is 4.74 Å². The lowest BCUT2D eigenvalue weighted by Crippen LogP contribution is -2.13. The van der Waals surface area contributed by atoms with Crippen molar-refractivity contribution in [2.45, 2.75) is 17.8 Å². The van der Waals surface area contributed by atoms with Gasteiger partial charge < -0.3 is 14.6 Å². The second-order valence-corrected chi connectivity index (χ2v) is 6.34. The normalized spacial score (nSPS) is 11.0. The Balaban J connectivity index is 1.79. The van der Waals surface area contributed by atoms with Crippen molar-refractivity contribution in [1.82, 2.24) is 19.9 Å². The van der Waals surface area contributed by atoms with Crippen molar-refractivity contribution in [3.63, 3.8) is 0 Å². The lowest BCUT2D eigenvalue weighted by Gasteiger charge is -2.15. The van der Waals surface area contributed by atoms with Crippen LogP contribution >= 0.6 is 11.8 Å². The number of nitrogens with zero attached hydrogens (tertiary/aromatic N) is 4. The van der Waals surface area contributed by atoms with Gasteiger partial charge in [-0.15, -0.1) is 0 Å². The fourth-order valence-electron chi connectivity index (χ4n) is 2.37. The Bertz CT molecular complexity index is 830. The summed E-state index contributed by atoms with van der Waals surface area (Å²) in [5.41, 5.74) is 4.02. The molecule has 23 heavy (non-hydrogen) atoms. The lowest BCUT2D eigenvalue weighted by atomic mass is 10.2. The van der Waals surface area contributed by atoms with E-state index in [9.17, 15) is 0 Å². The zero-order chi connectivity index (χ0) is 16.4. The van der Waals surface area contributed by atoms with Crippen LogP contribution in [0.4, 0.5) is 5.82 Å². The van der Waals surface area contributed by atoms with E-state index >= 15 is 0 Å². The first-order valence-corrected chi connectivity index (χ1v) is 8.21. The predicted molar refractivity (Wildman–Crippen MR) is 93.3 cm³/mol. The van der Waals surface area contributed by atoms with Crippen molar-refractivity contribution >= 4 is 28.6 Å². The molecule has 6 nitrogen and oxygen atoms in total. The first-order chi connectivity index (χ1) is 11.1. The summed E-state index contributed by atoms with van der Waals surface area (Å²) in [6.45, 7) is 2.05. The average Bonchev–Trinajstić information content (AvgIpc) is 2.95. The third-order valence-corrected chi connectivity index (χ3v) is 4.48. The number of rotatable bonds is 5. The maximum Gasteiger partial charge on any atom is 0.166 e. The topological polar surface area (TPSA) is 66.9 Å². The van der Waals surface area contributed by atoms with Gasteiger partial charge >= 0.3 is 0 Å². The molecule has 0 amide bonds. The Hall–Kier alpha value is -2.28. The van der Waals surface area contributed by atoms with Crippen molar-refractivity contribution in [3.8, 4) is 5.75 Å². The standard InChI is InChI=1S/C16H19N5OS/c1-10-14(17-9-18-15(10)21(2)3)8-23-16-19-12-6-5-11(22-4)7-13(12)20-16/h5-7,9H,8H2,1-4H3,(H,19,20). The SMILES string of the molecule is COc1ccc2[nH]c(SCc3ncnc(N(C)C)c3C)nc2c1. The number of aromatic nitrogens is 4. The van der Waals surface area contributed by atoms with Gasteiger partial charge in [0.25, 0.3) is 0 Å². The molecule has 3 aromatic rings. The molecule has 0 saturated carbocycles. The quantitative estimate of drug-likeness (QED) is 0.726. The van der Waals surface area contributed by atoms with Gasteiger partial charge in [0.2, 0.25) is 0 Å². The smallest absolute Gasteiger partial charge is 0.166 e. The van der Waals surface area contributed by atoms with Gasteiger partial charge in [-0.25, -0.2) is 15.0 Å². The summed E-state index contributed by atoms with van der Waals surface area (Å²) in [6.07, 6.45) is 1.61. The van der Waals surface area contributed by atoms with E-state index in [2.05, 4.69) is 26.9 Å². The van der Waals surface area contributed by atoms with Crippen LogP contribution < -0.4 is 9.64 Å². The number of nitrogens with one attached hydrogen (secondary N) is 1. The molecular weight excluding hydrogens is 310 g/mol. The summed E-state index contributed by atoms with van der Waals surface area (Å²) >= 11 is 1.63. The van der Waals surface area contributed by atoms with Gasteiger partial charge in [-0.1, -0.05) is 11.8 Å². The number of imidazole rings is 1. The van der Waals surface area contributed by atoms with Crippen LogP contribution in [0.1, 0.15) is 11.3 Å². The van der Waals surface area contributed by atoms with E-state index in [0.717, 1.165) is 44.8 Å². The highest BCUT2D eigenvalue weighted by molar-refractivity contribution is 7.98. The van der Waals surface area contributed by atoms with Gasteiger partial charge in [-0.3, -0.25) is 0 Å². The Labute approximate surface area is 139 Å². The average molecular weight is 329 g/mol. The zero-order valence-corrected chi connectivity index (χ0v) is 14.4. The number of hydrogen-bond acceptors (Lipinski definition) is 6. The number of methoxy groups -OCH3 is 1. The van der Waals surface area contributed by atoms with E-state index in [1.54, 1.807) is 25.2 Å². The molecule has 0 unspecified atom stereocenters. The highest BCUT2D eigenvalue weighted by Crippen LogP contribution is 2.27. The number of thioether (sulfide) groups is 1. The maximum absolute atomic E-state index is 5.23. The minimum absolute atomic E-state index is 0.742. The van der Waals surface area contributed by atoms with E-state index in [1.807, 2.05) is 37.2 Å². The molecule has 0 aliphatic carbocycles. The fourth-order valence-corrected chi connectivity index (χ4v) is 3.28. The molecule has 2 aromatic heterocycles. The van der Waals surface area contributed by atoms with Crippen molar-refractivity contribution in [2.75, 3.05) is 26.1 Å². The highest BCUT2D eigenvalue weighted by atomic mass is 32.2. The Morgan fingerprint density at radius 2 is 2.09 bits per heavy atom. The largest absolute Gasteiger partial charge is 0.497 e. The van der Waals surface area contributed by atoms with Gasteiger partial charge in [-0.05, 0) is 19.1 Å². The molecule has 3 rings (SSSR count). The molecule has 0 fully saturated rings. The second kappa shape index (κ2) is 6.45. The van der Waals surface area contributed by atoms with Gasteiger partial charge in [0.1, 0.15) is 17.9 Å². The molecule has 2 heterocycles. The van der Waals surface area contributed by atoms with Crippen molar-refractivity contribution in [1.29, 1.82) is 0 Å². The molecule has 0 bridgehead atoms. The molecule has 0 atom stereocenters. The van der Waals surface area contributed by atoms with Crippen molar-refractivity contribution < 1.29 is 4.74 Å². The van der Waals surface area contributed by atoms with Crippen LogP contribution in [-0.4, -0.2) is 41.1 Å².